The summed E-state index contributed by atoms with van der Waals surface area (Å²) in [6.45, 7) is 2.26. The van der Waals surface area contributed by atoms with Gasteiger partial charge in [0, 0.05) is 0 Å². The molecule has 0 N–H and O–H groups in total. The molecule has 0 saturated heterocycles. The van der Waals surface area contributed by atoms with Gasteiger partial charge in [0.1, 0.15) is 0 Å². The fraction of sp³-hybridized carbons (Fsp3) is 0.429. The Bertz CT molecular complexity index is 629. The molecule has 4 heteroatoms. The number of fused-ring (bicyclic) bond motifs is 3. The molecule has 2 aromatic heterocycles. The fourth-order valence-corrected chi connectivity index (χ4v) is 20.8. The van der Waals surface area contributed by atoms with Gasteiger partial charge in [-0.05, 0) is 0 Å². The summed E-state index contributed by atoms with van der Waals surface area (Å²) >= 11 is 0.356. The molecule has 0 fully saturated rings. The van der Waals surface area contributed by atoms with E-state index in [1.807, 2.05) is 11.3 Å². The van der Waals surface area contributed by atoms with E-state index in [4.69, 9.17) is 0 Å². The molecule has 1 aliphatic rings. The van der Waals surface area contributed by atoms with Crippen molar-refractivity contribution in [2.24, 2.45) is 0 Å². The number of thiophene rings is 2. The van der Waals surface area contributed by atoms with Gasteiger partial charge in [-0.3, -0.25) is 0 Å². The van der Waals surface area contributed by atoms with Gasteiger partial charge in [0.2, 0.25) is 0 Å². The Kier molecular flexibility index (Phi) is 3.14. The molecule has 3 rings (SSSR count). The zero-order valence-electron chi connectivity index (χ0n) is 12.0. The van der Waals surface area contributed by atoms with Crippen molar-refractivity contribution in [2.45, 2.75) is 33.3 Å². The molecule has 3 heterocycles. The van der Waals surface area contributed by atoms with Crippen molar-refractivity contribution in [3.63, 3.8) is 0 Å². The van der Waals surface area contributed by atoms with E-state index in [0.29, 0.717) is 0 Å². The third-order valence-electron chi connectivity index (χ3n) is 3.88. The van der Waals surface area contributed by atoms with Crippen LogP contribution in [0.5, 0.6) is 0 Å². The molecule has 0 nitrogen and oxygen atoms in total. The third kappa shape index (κ3) is 1.90. The predicted octanol–water partition coefficient (Wildman–Crippen LogP) is 3.47. The number of hydrogen-bond acceptors (Lipinski definition) is 2. The predicted molar refractivity (Wildman–Crippen MR) is 92.1 cm³/mol. The monoisotopic (exact) mass is 446 g/mol. The zero-order chi connectivity index (χ0) is 13.3. The molecular weight excluding hydrogens is 424 g/mol. The molecule has 18 heavy (non-hydrogen) atoms. The van der Waals surface area contributed by atoms with Crippen LogP contribution in [0.4, 0.5) is 0 Å². The molecule has 0 atom stereocenters. The molecular formula is C14H20GeS2Sn. The van der Waals surface area contributed by atoms with E-state index in [0.717, 1.165) is 0 Å². The van der Waals surface area contributed by atoms with E-state index in [9.17, 15) is 0 Å². The van der Waals surface area contributed by atoms with E-state index in [2.05, 4.69) is 56.7 Å². The first-order valence-electron chi connectivity index (χ1n) is 6.47. The minimum absolute atomic E-state index is 1.50. The summed E-state index contributed by atoms with van der Waals surface area (Å²) in [4.78, 5) is 12.4. The van der Waals surface area contributed by atoms with Crippen molar-refractivity contribution in [1.29, 1.82) is 0 Å². The summed E-state index contributed by atoms with van der Waals surface area (Å²) in [6, 6.07) is 5.10. The molecule has 0 saturated carbocycles. The molecule has 1 aliphatic heterocycles. The van der Waals surface area contributed by atoms with Crippen LogP contribution in [0.3, 0.4) is 0 Å². The van der Waals surface area contributed by atoms with Crippen LogP contribution in [-0.4, -0.2) is 31.6 Å². The Morgan fingerprint density at radius 2 is 1.50 bits per heavy atom. The van der Waals surface area contributed by atoms with Crippen LogP contribution in [0, 0.1) is 6.92 Å². The second kappa shape index (κ2) is 4.12. The van der Waals surface area contributed by atoms with Gasteiger partial charge in [0.05, 0.1) is 0 Å². The maximum absolute atomic E-state index is 2.62. The first kappa shape index (κ1) is 13.7. The summed E-state index contributed by atoms with van der Waals surface area (Å²) in [5, 5.41) is 0. The van der Waals surface area contributed by atoms with Gasteiger partial charge in [0.25, 0.3) is 0 Å². The van der Waals surface area contributed by atoms with Gasteiger partial charge in [-0.15, -0.1) is 0 Å². The van der Waals surface area contributed by atoms with Crippen LogP contribution in [0.25, 0.3) is 9.75 Å². The first-order chi connectivity index (χ1) is 8.21. The van der Waals surface area contributed by atoms with Gasteiger partial charge in [-0.2, -0.15) is 0 Å². The number of aryl methyl sites for hydroxylation is 1. The van der Waals surface area contributed by atoms with E-state index >= 15 is 0 Å². The Morgan fingerprint density at radius 3 is 2.11 bits per heavy atom. The molecule has 0 unspecified atom stereocenters. The zero-order valence-corrected chi connectivity index (χ0v) is 18.6. The Morgan fingerprint density at radius 1 is 0.944 bits per heavy atom. The van der Waals surface area contributed by atoms with Gasteiger partial charge in [0.15, 0.2) is 0 Å². The van der Waals surface area contributed by atoms with Crippen molar-refractivity contribution in [3.8, 4) is 9.75 Å². The summed E-state index contributed by atoms with van der Waals surface area (Å²) in [6.07, 6.45) is 0. The second-order valence-corrected chi connectivity index (χ2v) is 33.6. The molecule has 0 radical (unpaired) electrons. The van der Waals surface area contributed by atoms with Crippen LogP contribution < -0.4 is 11.7 Å². The summed E-state index contributed by atoms with van der Waals surface area (Å²) in [5.41, 5.74) is 0. The van der Waals surface area contributed by atoms with Gasteiger partial charge >= 0.3 is 126 Å². The van der Waals surface area contributed by atoms with Crippen molar-refractivity contribution in [2.75, 3.05) is 0 Å². The molecule has 0 bridgehead atoms. The maximum atomic E-state index is 2.62. The van der Waals surface area contributed by atoms with Crippen molar-refractivity contribution < 1.29 is 0 Å². The minimum atomic E-state index is -1.92. The normalized spacial score (nSPS) is 16.8. The Labute approximate surface area is 125 Å². The van der Waals surface area contributed by atoms with Gasteiger partial charge < -0.3 is 0 Å². The fourth-order valence-electron chi connectivity index (χ4n) is 2.69. The SMILES string of the molecule is Cc1c[c]2c(s1)-c1s[c]([Sn]([CH3])([CH3])[CH3])c[c]1[Ge]2([CH3])[CH3]. The van der Waals surface area contributed by atoms with Crippen LogP contribution in [0.1, 0.15) is 4.88 Å². The van der Waals surface area contributed by atoms with Gasteiger partial charge in [-0.1, -0.05) is 0 Å². The molecule has 96 valence electrons. The summed E-state index contributed by atoms with van der Waals surface area (Å²) in [7, 11) is 0. The van der Waals surface area contributed by atoms with Crippen LogP contribution in [0.15, 0.2) is 12.1 Å². The average Bonchev–Trinajstić information content (AvgIpc) is 2.82. The van der Waals surface area contributed by atoms with E-state index in [1.54, 1.807) is 21.4 Å². The van der Waals surface area contributed by atoms with Gasteiger partial charge in [-0.25, -0.2) is 0 Å². The summed E-state index contributed by atoms with van der Waals surface area (Å²) in [5.74, 6) is 5.15. The molecule has 0 aromatic carbocycles. The van der Waals surface area contributed by atoms with E-state index in [-0.39, 0.29) is 0 Å². The topological polar surface area (TPSA) is 0 Å². The van der Waals surface area contributed by atoms with E-state index < -0.39 is 31.6 Å². The van der Waals surface area contributed by atoms with Crippen LogP contribution in [-0.2, 0) is 0 Å². The summed E-state index contributed by atoms with van der Waals surface area (Å²) < 4.78 is 5.29. The number of hydrogen-bond donors (Lipinski definition) is 0. The number of rotatable bonds is 1. The van der Waals surface area contributed by atoms with Crippen LogP contribution in [0.2, 0.25) is 26.3 Å². The molecule has 2 aromatic rings. The quantitative estimate of drug-likeness (QED) is 0.592. The molecule has 0 amide bonds. The standard InChI is InChI=1S/C11H11GeS2.3CH3.Sn/c1-7-6-9-11(14-7)10-8(4-5-13-10)12(9,2)3;;;;/h4,6H,1-3H3;3*1H3;. The van der Waals surface area contributed by atoms with E-state index in [1.165, 1.54) is 4.88 Å². The van der Waals surface area contributed by atoms with Crippen molar-refractivity contribution in [3.05, 3.63) is 17.0 Å². The Balaban J connectivity index is 2.26. The third-order valence-corrected chi connectivity index (χ3v) is 23.7. The van der Waals surface area contributed by atoms with Crippen LogP contribution >= 0.6 is 22.7 Å². The molecule has 0 spiro atoms. The molecule has 0 aliphatic carbocycles. The second-order valence-electron chi connectivity index (χ2n) is 6.83. The van der Waals surface area contributed by atoms with Crippen molar-refractivity contribution in [1.82, 2.24) is 0 Å². The average molecular weight is 444 g/mol. The first-order valence-corrected chi connectivity index (χ1v) is 24.4. The van der Waals surface area contributed by atoms with Crippen molar-refractivity contribution >= 4 is 66.0 Å². The Hall–Kier alpha value is 0.742.